The molecule has 4 unspecified atom stereocenters. The maximum atomic E-state index is 17.6. The molecular weight excluding hydrogens is 1240 g/mol. The highest BCUT2D eigenvalue weighted by Crippen LogP contribution is 2.42. The number of halogens is 2. The fourth-order valence-corrected chi connectivity index (χ4v) is 13.6. The third kappa shape index (κ3) is 23.9. The molecule has 0 aliphatic carbocycles. The number of hydroxylamine groups is 2. The first-order valence-corrected chi connectivity index (χ1v) is 35.3. The molecule has 0 bridgehead atoms. The largest absolute Gasteiger partial charge is 0.748 e. The smallest absolute Gasteiger partial charge is 0.732 e. The number of Topliss-reactive ketones (excluding diaryl/α,β-unsaturated/α-hetero) is 2. The molecule has 3 aromatic rings. The Labute approximate surface area is 537 Å². The van der Waals surface area contributed by atoms with Crippen LogP contribution in [0.15, 0.2) is 65.6 Å². The van der Waals surface area contributed by atoms with E-state index in [1.807, 2.05) is 36.7 Å². The molecule has 0 saturated carbocycles. The fourth-order valence-electron chi connectivity index (χ4n) is 11.5. The van der Waals surface area contributed by atoms with Crippen LogP contribution in [0.4, 0.5) is 8.63 Å². The van der Waals surface area contributed by atoms with Crippen molar-refractivity contribution < 1.29 is 96.1 Å². The maximum absolute atomic E-state index is 17.6. The zero-order chi connectivity index (χ0) is 66.9. The highest BCUT2D eigenvalue weighted by Gasteiger charge is 2.56. The number of thiophene rings is 1. The number of carbonyl (C=O) groups excluding carboxylic acids is 7. The maximum Gasteiger partial charge on any atom is 0.732 e. The lowest BCUT2D eigenvalue weighted by molar-refractivity contribution is -0.880. The molecule has 4 atom stereocenters. The monoisotopic (exact) mass is 1330 g/mol. The minimum absolute atomic E-state index is 0.000208. The number of imide groups is 1. The Balaban J connectivity index is 0.962. The number of benzene rings is 1. The molecule has 3 aliphatic heterocycles. The predicted molar refractivity (Wildman–Crippen MR) is 338 cm³/mol. The molecule has 3 aliphatic rings. The van der Waals surface area contributed by atoms with Gasteiger partial charge in [-0.3, -0.25) is 28.8 Å². The van der Waals surface area contributed by atoms with E-state index in [1.165, 1.54) is 20.3 Å². The van der Waals surface area contributed by atoms with Crippen molar-refractivity contribution in [2.75, 3.05) is 93.6 Å². The number of ketones is 2. The van der Waals surface area contributed by atoms with Crippen molar-refractivity contribution in [3.8, 4) is 16.3 Å². The summed E-state index contributed by atoms with van der Waals surface area (Å²) in [5.41, 5.74) is 4.33. The Hall–Kier alpha value is -6.34. The van der Waals surface area contributed by atoms with Gasteiger partial charge in [0.2, 0.25) is 11.8 Å². The highest BCUT2D eigenvalue weighted by molar-refractivity contribution is 7.86. The molecule has 0 spiro atoms. The molecule has 91 heavy (non-hydrogen) atoms. The Morgan fingerprint density at radius 2 is 1.33 bits per heavy atom. The number of hydrogen-bond donors (Lipinski definition) is 3. The minimum atomic E-state index is -5.09. The lowest BCUT2D eigenvalue weighted by atomic mass is 9.83. The number of rotatable bonds is 40. The lowest BCUT2D eigenvalue weighted by Gasteiger charge is -2.37. The molecule has 5 heterocycles. The number of unbranched alkanes of at least 4 members (excludes halogenated alkanes) is 4. The molecule has 1 aromatic carbocycles. The number of quaternary nitrogens is 3. The highest BCUT2D eigenvalue weighted by atomic mass is 32.2. The van der Waals surface area contributed by atoms with Crippen molar-refractivity contribution in [3.63, 3.8) is 0 Å². The van der Waals surface area contributed by atoms with Gasteiger partial charge < -0.3 is 60.8 Å². The second-order valence-corrected chi connectivity index (χ2v) is 29.9. The van der Waals surface area contributed by atoms with Crippen LogP contribution in [0, 0.1) is 0 Å². The van der Waals surface area contributed by atoms with Crippen LogP contribution in [0.5, 0.6) is 5.75 Å². The molecule has 1 saturated heterocycles. The molecule has 23 nitrogen and oxygen atoms in total. The summed E-state index contributed by atoms with van der Waals surface area (Å²) in [6.45, 7) is -1.28. The number of nitrogens with one attached hydrogen (secondary N) is 3. The van der Waals surface area contributed by atoms with Gasteiger partial charge in [-0.15, -0.1) is 16.4 Å². The second kappa shape index (κ2) is 33.0. The Morgan fingerprint density at radius 3 is 1.93 bits per heavy atom. The average Bonchev–Trinajstić information content (AvgIpc) is 1.57. The van der Waals surface area contributed by atoms with Crippen LogP contribution >= 0.6 is 11.3 Å². The zero-order valence-electron chi connectivity index (χ0n) is 53.4. The van der Waals surface area contributed by atoms with Crippen LogP contribution in [0.1, 0.15) is 126 Å². The van der Waals surface area contributed by atoms with Gasteiger partial charge in [-0.25, -0.2) is 21.6 Å². The van der Waals surface area contributed by atoms with E-state index in [2.05, 4.69) is 52.9 Å². The molecule has 29 heteroatoms. The SMILES string of the molecule is C[NH+](CCCCCCCC(=O)ON1C(=O)CCC1=O)CCCC(=O)C(CS(=O)(=O)[O-])NC(=O)CCC(=O)C(CS(=O)(=O)[O-])NC(=O)CCCOc1ccc(/C=C/C2=[N+]3C(Cc4c(CCC[N+](C)(C)C)cc(-c5cccs5)n4[B-]3(F)F)C(CCC[N+](C)(C)C)=C2)cc1. The number of carbonyl (C=O) groups is 7. The van der Waals surface area contributed by atoms with Crippen LogP contribution in [0.25, 0.3) is 16.6 Å². The first-order valence-electron chi connectivity index (χ1n) is 31.2. The number of amides is 4. The number of ether oxygens (including phenoxy) is 1. The van der Waals surface area contributed by atoms with E-state index in [9.17, 15) is 59.5 Å². The summed E-state index contributed by atoms with van der Waals surface area (Å²) < 4.78 is 116. The summed E-state index contributed by atoms with van der Waals surface area (Å²) in [5, 5.41) is 6.85. The van der Waals surface area contributed by atoms with E-state index >= 15 is 8.63 Å². The number of aryl methyl sites for hydroxylation is 1. The van der Waals surface area contributed by atoms with Crippen molar-refractivity contribution >= 4 is 91.5 Å². The van der Waals surface area contributed by atoms with Gasteiger partial charge in [0.25, 0.3) is 11.8 Å². The van der Waals surface area contributed by atoms with Gasteiger partial charge >= 0.3 is 12.9 Å². The summed E-state index contributed by atoms with van der Waals surface area (Å²) >= 11 is 1.45. The average molecular weight is 1330 g/mol. The van der Waals surface area contributed by atoms with Gasteiger partial charge in [-0.1, -0.05) is 31.0 Å². The number of allylic oxidation sites excluding steroid dienone is 2. The van der Waals surface area contributed by atoms with E-state index in [0.717, 1.165) is 88.0 Å². The van der Waals surface area contributed by atoms with E-state index in [4.69, 9.17) is 9.57 Å². The first-order chi connectivity index (χ1) is 42.7. The summed E-state index contributed by atoms with van der Waals surface area (Å²) in [5.74, 6) is -7.45. The molecule has 1 fully saturated rings. The Kier molecular flexibility index (Phi) is 26.7. The Bertz CT molecular complexity index is 3380. The Morgan fingerprint density at radius 1 is 0.747 bits per heavy atom. The van der Waals surface area contributed by atoms with Crippen LogP contribution < -0.4 is 20.3 Å². The van der Waals surface area contributed by atoms with Crippen LogP contribution in [0.3, 0.4) is 0 Å². The van der Waals surface area contributed by atoms with Gasteiger partial charge in [0, 0.05) is 93.4 Å². The zero-order valence-corrected chi connectivity index (χ0v) is 55.8. The van der Waals surface area contributed by atoms with Crippen molar-refractivity contribution in [2.24, 2.45) is 0 Å². The molecule has 4 amide bonds. The van der Waals surface area contributed by atoms with Crippen LogP contribution in [-0.2, 0) is 71.5 Å². The molecular formula is C62H90BF2N8O15S3+. The van der Waals surface area contributed by atoms with Crippen molar-refractivity contribution in [2.45, 2.75) is 140 Å². The molecule has 3 N–H and O–H groups in total. The van der Waals surface area contributed by atoms with Crippen molar-refractivity contribution in [1.82, 2.24) is 20.2 Å². The van der Waals surface area contributed by atoms with Crippen LogP contribution in [-0.4, -0.2) is 215 Å². The van der Waals surface area contributed by atoms with Gasteiger partial charge in [0.15, 0.2) is 17.3 Å². The fraction of sp³-hybridized carbons (Fsp3) is 0.581. The number of aromatic nitrogens is 1. The number of hydrogen-bond acceptors (Lipinski definition) is 16. The first kappa shape index (κ1) is 73.7. The summed E-state index contributed by atoms with van der Waals surface area (Å²) in [7, 11) is 4.52. The molecule has 502 valence electrons. The minimum Gasteiger partial charge on any atom is -0.748 e. The standard InChI is InChI=1S/C62H89BF2N8O15S3/c1-68(34-12-10-8-9-11-23-62(80)88-71-60(78)32-33-61(71)79)35-13-20-55(74)50(43-90(81,82)83)67-59(77)31-30-56(75)51(44-91(84,85)86)66-58(76)22-16-38-87-49-28-25-45(26-29-49)24-27-48-40-46(18-14-36-72(2,3)4)52-42-53-47(19-15-37-73(5,6)7)41-54(57-21-17-39-89-57)70(53)63(64,65)69(48)52/h17,21,24-29,39-41,50-52H,8-16,18-20,22-23,30-38,42-44H2,1-7H3,(H2-2,66,67,76,77,81,82,83,84,85,86)/p+1/b27-24+. The summed E-state index contributed by atoms with van der Waals surface area (Å²) in [6.07, 6.45) is 11.3. The molecule has 0 radical (unpaired) electrons. The third-order valence-electron chi connectivity index (χ3n) is 16.1. The van der Waals surface area contributed by atoms with Crippen LogP contribution in [0.2, 0.25) is 0 Å². The van der Waals surface area contributed by atoms with Gasteiger partial charge in [0.05, 0.1) is 114 Å². The van der Waals surface area contributed by atoms with Crippen molar-refractivity contribution in [3.05, 3.63) is 82.4 Å². The van der Waals surface area contributed by atoms with E-state index < -0.39 is 111 Å². The molecule has 6 rings (SSSR count). The second-order valence-electron chi connectivity index (χ2n) is 26.0. The number of nitrogens with zero attached hydrogens (tertiary/aromatic N) is 5. The third-order valence-corrected chi connectivity index (χ3v) is 18.5. The number of fused-ring (bicyclic) bond motifs is 2. The van der Waals surface area contributed by atoms with Gasteiger partial charge in [-0.2, -0.15) is 0 Å². The van der Waals surface area contributed by atoms with Crippen molar-refractivity contribution in [1.29, 1.82) is 0 Å². The van der Waals surface area contributed by atoms with E-state index in [1.54, 1.807) is 36.4 Å². The summed E-state index contributed by atoms with van der Waals surface area (Å²) in [4.78, 5) is 94.2. The summed E-state index contributed by atoms with van der Waals surface area (Å²) in [6, 6.07) is 8.57. The lowest BCUT2D eigenvalue weighted by Crippen LogP contribution is -3.09. The quantitative estimate of drug-likeness (QED) is 0.0239. The van der Waals surface area contributed by atoms with Gasteiger partial charge in [0.1, 0.15) is 23.9 Å². The topological polar surface area (TPSA) is 292 Å². The predicted octanol–water partition coefficient (Wildman–Crippen LogP) is 3.98. The van der Waals surface area contributed by atoms with E-state index in [0.29, 0.717) is 65.7 Å². The molecule has 2 aromatic heterocycles. The van der Waals surface area contributed by atoms with E-state index in [-0.39, 0.29) is 51.6 Å². The normalized spacial score (nSPS) is 17.0. The van der Waals surface area contributed by atoms with Gasteiger partial charge in [-0.05, 0) is 96.6 Å².